The smallest absolute Gasteiger partial charge is 0.404 e. The van der Waals surface area contributed by atoms with E-state index >= 15 is 0 Å². The van der Waals surface area contributed by atoms with E-state index in [0.29, 0.717) is 11.3 Å². The minimum Gasteiger partial charge on any atom is -0.497 e. The highest BCUT2D eigenvalue weighted by molar-refractivity contribution is 5.64. The van der Waals surface area contributed by atoms with Crippen LogP contribution in [-0.2, 0) is 4.74 Å². The number of amides is 1. The van der Waals surface area contributed by atoms with Crippen LogP contribution >= 0.6 is 0 Å². The summed E-state index contributed by atoms with van der Waals surface area (Å²) in [5.41, 5.74) is 5.47. The van der Waals surface area contributed by atoms with Crippen molar-refractivity contribution in [3.05, 3.63) is 29.8 Å². The second-order valence-electron chi connectivity index (χ2n) is 3.36. The summed E-state index contributed by atoms with van der Waals surface area (Å²) in [6, 6.07) is 6.89. The van der Waals surface area contributed by atoms with Crippen LogP contribution in [0.25, 0.3) is 0 Å². The number of benzene rings is 1. The molecule has 88 valence electrons. The molecule has 0 aliphatic rings. The summed E-state index contributed by atoms with van der Waals surface area (Å²) in [5, 5.41) is 9.87. The number of methoxy groups -OCH3 is 1. The van der Waals surface area contributed by atoms with E-state index in [2.05, 4.69) is 4.74 Å². The predicted octanol–water partition coefficient (Wildman–Crippen LogP) is 1.21. The zero-order valence-electron chi connectivity index (χ0n) is 9.21. The molecule has 0 unspecified atom stereocenters. The Bertz CT molecular complexity index is 367. The summed E-state index contributed by atoms with van der Waals surface area (Å²) in [4.78, 5) is 10.5. The van der Waals surface area contributed by atoms with Gasteiger partial charge in [-0.1, -0.05) is 12.1 Å². The van der Waals surface area contributed by atoms with Crippen LogP contribution in [0.2, 0.25) is 0 Å². The number of hydrogen-bond acceptors (Lipinski definition) is 4. The van der Waals surface area contributed by atoms with Crippen molar-refractivity contribution in [2.45, 2.75) is 19.1 Å². The van der Waals surface area contributed by atoms with Gasteiger partial charge in [-0.2, -0.15) is 0 Å². The van der Waals surface area contributed by atoms with Gasteiger partial charge in [0.25, 0.3) is 0 Å². The molecule has 0 heterocycles. The van der Waals surface area contributed by atoms with Crippen LogP contribution in [0.1, 0.15) is 18.6 Å². The first-order valence-corrected chi connectivity index (χ1v) is 4.82. The van der Waals surface area contributed by atoms with Gasteiger partial charge in [-0.05, 0) is 24.6 Å². The fourth-order valence-corrected chi connectivity index (χ4v) is 1.34. The third-order valence-electron chi connectivity index (χ3n) is 2.18. The number of aliphatic hydroxyl groups is 1. The standard InChI is InChI=1S/C11H15NO4/c1-7(16-11(12)14)10(13)8-4-3-5-9(6-8)15-2/h3-7,10,13H,1-2H3,(H2,12,14)/t7-,10+/m0/s1. The van der Waals surface area contributed by atoms with E-state index in [0.717, 1.165) is 0 Å². The number of nitrogens with two attached hydrogens (primary N) is 1. The second-order valence-corrected chi connectivity index (χ2v) is 3.36. The molecule has 0 saturated carbocycles. The van der Waals surface area contributed by atoms with Crippen LogP contribution in [0, 0.1) is 0 Å². The zero-order valence-corrected chi connectivity index (χ0v) is 9.21. The maximum atomic E-state index is 10.5. The molecule has 0 saturated heterocycles. The molecule has 0 aliphatic heterocycles. The van der Waals surface area contributed by atoms with Gasteiger partial charge in [0.1, 0.15) is 18.0 Å². The van der Waals surface area contributed by atoms with Crippen molar-refractivity contribution in [3.63, 3.8) is 0 Å². The molecule has 0 bridgehead atoms. The fourth-order valence-electron chi connectivity index (χ4n) is 1.34. The number of aliphatic hydroxyl groups excluding tert-OH is 1. The maximum Gasteiger partial charge on any atom is 0.404 e. The monoisotopic (exact) mass is 225 g/mol. The van der Waals surface area contributed by atoms with Crippen molar-refractivity contribution in [3.8, 4) is 5.75 Å². The molecule has 1 amide bonds. The zero-order chi connectivity index (χ0) is 12.1. The Kier molecular flexibility index (Phi) is 4.13. The largest absolute Gasteiger partial charge is 0.497 e. The molecule has 0 aromatic heterocycles. The molecule has 5 nitrogen and oxygen atoms in total. The molecule has 3 N–H and O–H groups in total. The van der Waals surface area contributed by atoms with E-state index in [1.165, 1.54) is 7.11 Å². The molecule has 0 radical (unpaired) electrons. The minimum absolute atomic E-state index is 0.605. The van der Waals surface area contributed by atoms with Crippen molar-refractivity contribution in [2.24, 2.45) is 5.73 Å². The third kappa shape index (κ3) is 3.13. The van der Waals surface area contributed by atoms with Gasteiger partial charge in [-0.25, -0.2) is 4.79 Å². The summed E-state index contributed by atoms with van der Waals surface area (Å²) in [6.07, 6.45) is -2.54. The number of rotatable bonds is 4. The van der Waals surface area contributed by atoms with E-state index < -0.39 is 18.3 Å². The second kappa shape index (κ2) is 5.37. The maximum absolute atomic E-state index is 10.5. The van der Waals surface area contributed by atoms with Gasteiger partial charge in [-0.15, -0.1) is 0 Å². The molecular formula is C11H15NO4. The number of ether oxygens (including phenoxy) is 2. The third-order valence-corrected chi connectivity index (χ3v) is 2.18. The molecule has 1 aromatic rings. The molecule has 0 aliphatic carbocycles. The van der Waals surface area contributed by atoms with Crippen LogP contribution in [0.3, 0.4) is 0 Å². The molecule has 5 heteroatoms. The lowest BCUT2D eigenvalue weighted by Crippen LogP contribution is -2.25. The quantitative estimate of drug-likeness (QED) is 0.807. The van der Waals surface area contributed by atoms with Crippen molar-refractivity contribution < 1.29 is 19.4 Å². The summed E-state index contributed by atoms with van der Waals surface area (Å²) >= 11 is 0. The molecule has 2 atom stereocenters. The number of carbonyl (C=O) groups is 1. The molecular weight excluding hydrogens is 210 g/mol. The summed E-state index contributed by atoms with van der Waals surface area (Å²) in [5.74, 6) is 0.628. The molecule has 16 heavy (non-hydrogen) atoms. The van der Waals surface area contributed by atoms with Crippen LogP contribution in [0.4, 0.5) is 4.79 Å². The SMILES string of the molecule is COc1cccc([C@H](O)[C@H](C)OC(N)=O)c1. The molecule has 1 rings (SSSR count). The van der Waals surface area contributed by atoms with Gasteiger partial charge in [0.05, 0.1) is 7.11 Å². The van der Waals surface area contributed by atoms with Crippen LogP contribution in [0.15, 0.2) is 24.3 Å². The Morgan fingerprint density at radius 1 is 1.50 bits per heavy atom. The Hall–Kier alpha value is -1.75. The van der Waals surface area contributed by atoms with Gasteiger partial charge >= 0.3 is 6.09 Å². The highest BCUT2D eigenvalue weighted by atomic mass is 16.6. The Labute approximate surface area is 93.8 Å². The number of carbonyl (C=O) groups excluding carboxylic acids is 1. The van der Waals surface area contributed by atoms with Crippen molar-refractivity contribution in [1.29, 1.82) is 0 Å². The summed E-state index contributed by atoms with van der Waals surface area (Å²) < 4.78 is 9.71. The molecule has 1 aromatic carbocycles. The lowest BCUT2D eigenvalue weighted by molar-refractivity contribution is 0.0157. The Balaban J connectivity index is 2.78. The minimum atomic E-state index is -0.928. The van der Waals surface area contributed by atoms with E-state index in [-0.39, 0.29) is 0 Å². The first-order chi connectivity index (χ1) is 7.54. The van der Waals surface area contributed by atoms with Gasteiger partial charge in [-0.3, -0.25) is 0 Å². The topological polar surface area (TPSA) is 81.8 Å². The van der Waals surface area contributed by atoms with Crippen molar-refractivity contribution in [1.82, 2.24) is 0 Å². The summed E-state index contributed by atoms with van der Waals surface area (Å²) in [6.45, 7) is 1.56. The highest BCUT2D eigenvalue weighted by Crippen LogP contribution is 2.22. The van der Waals surface area contributed by atoms with E-state index in [4.69, 9.17) is 10.5 Å². The van der Waals surface area contributed by atoms with E-state index in [9.17, 15) is 9.90 Å². The Morgan fingerprint density at radius 3 is 2.75 bits per heavy atom. The van der Waals surface area contributed by atoms with E-state index in [1.807, 2.05) is 0 Å². The van der Waals surface area contributed by atoms with Crippen LogP contribution < -0.4 is 10.5 Å². The average Bonchev–Trinajstić information content (AvgIpc) is 2.27. The van der Waals surface area contributed by atoms with Crippen LogP contribution in [0.5, 0.6) is 5.75 Å². The average molecular weight is 225 g/mol. The van der Waals surface area contributed by atoms with Gasteiger partial charge in [0.15, 0.2) is 0 Å². The van der Waals surface area contributed by atoms with Gasteiger partial charge in [0.2, 0.25) is 0 Å². The lowest BCUT2D eigenvalue weighted by Gasteiger charge is -2.18. The number of primary amides is 1. The van der Waals surface area contributed by atoms with Crippen molar-refractivity contribution >= 4 is 6.09 Å². The number of hydrogen-bond donors (Lipinski definition) is 2. The summed E-state index contributed by atoms with van der Waals surface area (Å²) in [7, 11) is 1.54. The normalized spacial score (nSPS) is 13.9. The first kappa shape index (κ1) is 12.3. The highest BCUT2D eigenvalue weighted by Gasteiger charge is 2.19. The van der Waals surface area contributed by atoms with Gasteiger partial charge < -0.3 is 20.3 Å². The molecule has 0 fully saturated rings. The van der Waals surface area contributed by atoms with Crippen molar-refractivity contribution in [2.75, 3.05) is 7.11 Å². The molecule has 0 spiro atoms. The lowest BCUT2D eigenvalue weighted by atomic mass is 10.1. The van der Waals surface area contributed by atoms with Crippen LogP contribution in [-0.4, -0.2) is 24.4 Å². The predicted molar refractivity (Wildman–Crippen MR) is 58.1 cm³/mol. The van der Waals surface area contributed by atoms with E-state index in [1.54, 1.807) is 31.2 Å². The fraction of sp³-hybridized carbons (Fsp3) is 0.364. The Morgan fingerprint density at radius 2 is 2.19 bits per heavy atom. The van der Waals surface area contributed by atoms with Gasteiger partial charge in [0, 0.05) is 0 Å². The first-order valence-electron chi connectivity index (χ1n) is 4.82.